The second-order valence-corrected chi connectivity index (χ2v) is 6.17. The fourth-order valence-electron chi connectivity index (χ4n) is 3.68. The molecule has 2 aromatic rings. The SMILES string of the molecule is O=C(c1cnc2ccccn2c1=O)N1CCO[C@@H]2CCCC[C@H]21. The maximum Gasteiger partial charge on any atom is 0.270 e. The number of hydrogen-bond donors (Lipinski definition) is 0. The van der Waals surface area contributed by atoms with E-state index in [0.29, 0.717) is 18.8 Å². The molecule has 0 N–H and O–H groups in total. The van der Waals surface area contributed by atoms with Gasteiger partial charge in [-0.15, -0.1) is 0 Å². The molecule has 1 saturated heterocycles. The normalized spacial score (nSPS) is 24.4. The third kappa shape index (κ3) is 2.43. The highest BCUT2D eigenvalue weighted by atomic mass is 16.5. The Hall–Kier alpha value is -2.21. The van der Waals surface area contributed by atoms with E-state index in [-0.39, 0.29) is 29.2 Å². The van der Waals surface area contributed by atoms with Crippen LogP contribution in [0.2, 0.25) is 0 Å². The maximum atomic E-state index is 12.9. The number of nitrogens with zero attached hydrogens (tertiary/aromatic N) is 3. The van der Waals surface area contributed by atoms with Gasteiger partial charge in [0.05, 0.1) is 18.8 Å². The van der Waals surface area contributed by atoms with Gasteiger partial charge in [-0.2, -0.15) is 0 Å². The summed E-state index contributed by atoms with van der Waals surface area (Å²) in [5, 5.41) is 0. The van der Waals surface area contributed by atoms with Gasteiger partial charge in [-0.1, -0.05) is 18.9 Å². The van der Waals surface area contributed by atoms with Crippen LogP contribution < -0.4 is 5.56 Å². The molecule has 0 spiro atoms. The van der Waals surface area contributed by atoms with E-state index in [9.17, 15) is 9.59 Å². The second-order valence-electron chi connectivity index (χ2n) is 6.17. The lowest BCUT2D eigenvalue weighted by molar-refractivity contribution is -0.0753. The molecule has 2 fully saturated rings. The Morgan fingerprint density at radius 1 is 1.26 bits per heavy atom. The first-order valence-electron chi connectivity index (χ1n) is 8.15. The van der Waals surface area contributed by atoms with Crippen LogP contribution in [0.25, 0.3) is 5.65 Å². The summed E-state index contributed by atoms with van der Waals surface area (Å²) in [5.74, 6) is -0.221. The Bertz CT molecular complexity index is 799. The number of aromatic nitrogens is 2. The molecule has 2 aromatic heterocycles. The average Bonchev–Trinajstić information content (AvgIpc) is 2.61. The molecule has 6 nitrogen and oxygen atoms in total. The van der Waals surface area contributed by atoms with Crippen molar-refractivity contribution in [1.82, 2.24) is 14.3 Å². The predicted molar refractivity (Wildman–Crippen MR) is 84.5 cm³/mol. The van der Waals surface area contributed by atoms with Crippen molar-refractivity contribution in [3.8, 4) is 0 Å². The van der Waals surface area contributed by atoms with Gasteiger partial charge >= 0.3 is 0 Å². The van der Waals surface area contributed by atoms with E-state index < -0.39 is 0 Å². The summed E-state index contributed by atoms with van der Waals surface area (Å²) in [6.45, 7) is 1.08. The van der Waals surface area contributed by atoms with Gasteiger partial charge in [-0.25, -0.2) is 4.98 Å². The van der Waals surface area contributed by atoms with Crippen LogP contribution >= 0.6 is 0 Å². The van der Waals surface area contributed by atoms with Gasteiger partial charge in [-0.05, 0) is 25.0 Å². The summed E-state index contributed by atoms with van der Waals surface area (Å²) in [6.07, 6.45) is 7.34. The molecule has 0 unspecified atom stereocenters. The molecular weight excluding hydrogens is 294 g/mol. The minimum absolute atomic E-state index is 0.0841. The van der Waals surface area contributed by atoms with Gasteiger partial charge in [0.25, 0.3) is 11.5 Å². The zero-order valence-electron chi connectivity index (χ0n) is 12.9. The summed E-state index contributed by atoms with van der Waals surface area (Å²) in [7, 11) is 0. The highest BCUT2D eigenvalue weighted by molar-refractivity contribution is 5.94. The van der Waals surface area contributed by atoms with E-state index in [2.05, 4.69) is 4.98 Å². The third-order valence-electron chi connectivity index (χ3n) is 4.84. The summed E-state index contributed by atoms with van der Waals surface area (Å²) in [5.41, 5.74) is 0.381. The number of carbonyl (C=O) groups is 1. The standard InChI is InChI=1S/C17H19N3O3/c21-16(19-9-10-23-14-6-2-1-5-13(14)19)12-11-18-15-7-3-4-8-20(15)17(12)22/h3-4,7-8,11,13-14H,1-2,5-6,9-10H2/t13-,14-/m1/s1. The Labute approximate surface area is 133 Å². The number of fused-ring (bicyclic) bond motifs is 2. The topological polar surface area (TPSA) is 63.9 Å². The van der Waals surface area contributed by atoms with Crippen molar-refractivity contribution in [1.29, 1.82) is 0 Å². The van der Waals surface area contributed by atoms with Crippen molar-refractivity contribution in [3.63, 3.8) is 0 Å². The maximum absolute atomic E-state index is 12.9. The van der Waals surface area contributed by atoms with Gasteiger partial charge in [0.1, 0.15) is 11.2 Å². The molecule has 4 rings (SSSR count). The fraction of sp³-hybridized carbons (Fsp3) is 0.471. The molecule has 2 atom stereocenters. The molecule has 1 aliphatic heterocycles. The molecule has 3 heterocycles. The van der Waals surface area contributed by atoms with E-state index in [0.717, 1.165) is 25.7 Å². The Balaban J connectivity index is 1.71. The Morgan fingerprint density at radius 3 is 3.04 bits per heavy atom. The van der Waals surface area contributed by atoms with Crippen LogP contribution in [0.3, 0.4) is 0 Å². The van der Waals surface area contributed by atoms with Crippen LogP contribution in [0, 0.1) is 0 Å². The monoisotopic (exact) mass is 313 g/mol. The lowest BCUT2D eigenvalue weighted by Crippen LogP contribution is -2.55. The summed E-state index contributed by atoms with van der Waals surface area (Å²) in [6, 6.07) is 5.41. The van der Waals surface area contributed by atoms with Gasteiger partial charge in [-0.3, -0.25) is 14.0 Å². The largest absolute Gasteiger partial charge is 0.374 e. The van der Waals surface area contributed by atoms with E-state index in [1.807, 2.05) is 11.0 Å². The van der Waals surface area contributed by atoms with Crippen LogP contribution in [-0.4, -0.2) is 45.5 Å². The van der Waals surface area contributed by atoms with Crippen molar-refractivity contribution >= 4 is 11.6 Å². The quantitative estimate of drug-likeness (QED) is 0.800. The summed E-state index contributed by atoms with van der Waals surface area (Å²) in [4.78, 5) is 31.6. The van der Waals surface area contributed by atoms with Crippen molar-refractivity contribution in [2.75, 3.05) is 13.2 Å². The highest BCUT2D eigenvalue weighted by Crippen LogP contribution is 2.29. The van der Waals surface area contributed by atoms with E-state index in [4.69, 9.17) is 4.74 Å². The Kier molecular flexibility index (Phi) is 3.61. The second kappa shape index (κ2) is 5.77. The molecular formula is C17H19N3O3. The van der Waals surface area contributed by atoms with Crippen LogP contribution in [-0.2, 0) is 4.74 Å². The third-order valence-corrected chi connectivity index (χ3v) is 4.84. The van der Waals surface area contributed by atoms with E-state index >= 15 is 0 Å². The van der Waals surface area contributed by atoms with Crippen LogP contribution in [0.5, 0.6) is 0 Å². The lowest BCUT2D eigenvalue weighted by Gasteiger charge is -2.43. The molecule has 1 aliphatic carbocycles. The van der Waals surface area contributed by atoms with Gasteiger partial charge in [0.15, 0.2) is 0 Å². The van der Waals surface area contributed by atoms with Crippen LogP contribution in [0.1, 0.15) is 36.0 Å². The predicted octanol–water partition coefficient (Wildman–Crippen LogP) is 1.48. The highest BCUT2D eigenvalue weighted by Gasteiger charge is 2.37. The number of pyridine rings is 1. The van der Waals surface area contributed by atoms with E-state index in [1.165, 1.54) is 10.6 Å². The van der Waals surface area contributed by atoms with Crippen LogP contribution in [0.4, 0.5) is 0 Å². The number of carbonyl (C=O) groups excluding carboxylic acids is 1. The molecule has 120 valence electrons. The van der Waals surface area contributed by atoms with E-state index in [1.54, 1.807) is 18.3 Å². The first-order valence-corrected chi connectivity index (χ1v) is 8.15. The number of hydrogen-bond acceptors (Lipinski definition) is 4. The van der Waals surface area contributed by atoms with Gasteiger partial charge < -0.3 is 9.64 Å². The molecule has 6 heteroatoms. The van der Waals surface area contributed by atoms with Crippen LogP contribution in [0.15, 0.2) is 35.4 Å². The lowest BCUT2D eigenvalue weighted by atomic mass is 9.90. The number of ether oxygens (including phenoxy) is 1. The molecule has 1 saturated carbocycles. The van der Waals surface area contributed by atoms with Crippen molar-refractivity contribution in [3.05, 3.63) is 46.5 Å². The first kappa shape index (κ1) is 14.4. The molecule has 0 radical (unpaired) electrons. The van der Waals surface area contributed by atoms with Crippen molar-refractivity contribution < 1.29 is 9.53 Å². The van der Waals surface area contributed by atoms with Gasteiger partial charge in [0.2, 0.25) is 0 Å². The minimum atomic E-state index is -0.306. The smallest absolute Gasteiger partial charge is 0.270 e. The fourth-order valence-corrected chi connectivity index (χ4v) is 3.68. The molecule has 0 aromatic carbocycles. The molecule has 0 bridgehead atoms. The number of morpholine rings is 1. The van der Waals surface area contributed by atoms with Crippen molar-refractivity contribution in [2.24, 2.45) is 0 Å². The molecule has 23 heavy (non-hydrogen) atoms. The molecule has 2 aliphatic rings. The van der Waals surface area contributed by atoms with Crippen molar-refractivity contribution in [2.45, 2.75) is 37.8 Å². The van der Waals surface area contributed by atoms with Gasteiger partial charge in [0, 0.05) is 18.9 Å². The zero-order chi connectivity index (χ0) is 15.8. The minimum Gasteiger partial charge on any atom is -0.374 e. The number of rotatable bonds is 1. The Morgan fingerprint density at radius 2 is 2.13 bits per heavy atom. The average molecular weight is 313 g/mol. The zero-order valence-corrected chi connectivity index (χ0v) is 12.9. The molecule has 1 amide bonds. The summed E-state index contributed by atoms with van der Waals surface area (Å²) < 4.78 is 7.23. The number of amides is 1. The summed E-state index contributed by atoms with van der Waals surface area (Å²) >= 11 is 0. The first-order chi connectivity index (χ1) is 11.3.